The van der Waals surface area contributed by atoms with Gasteiger partial charge in [-0.3, -0.25) is 14.0 Å². The van der Waals surface area contributed by atoms with Crippen LogP contribution in [0.3, 0.4) is 0 Å². The summed E-state index contributed by atoms with van der Waals surface area (Å²) in [4.78, 5) is 20.2. The first-order valence-corrected chi connectivity index (χ1v) is 14.8. The normalized spacial score (nSPS) is 18.9. The summed E-state index contributed by atoms with van der Waals surface area (Å²) in [5.41, 5.74) is 2.44. The molecule has 1 atom stereocenters. The fourth-order valence-electron chi connectivity index (χ4n) is 5.28. The number of carbonyl (C=O) groups is 1. The number of fused-ring (bicyclic) bond motifs is 1. The number of nitrogens with one attached hydrogen (secondary N) is 1. The summed E-state index contributed by atoms with van der Waals surface area (Å²) in [5.74, 6) is -0.0974. The predicted octanol–water partition coefficient (Wildman–Crippen LogP) is 5.00. The third-order valence-electron chi connectivity index (χ3n) is 7.43. The molecule has 2 aliphatic rings. The molecule has 1 N–H and O–H groups in total. The zero-order chi connectivity index (χ0) is 27.4. The maximum Gasteiger partial charge on any atom is 0.277 e. The average Bonchev–Trinajstić information content (AvgIpc) is 2.96. The number of sulfonamides is 1. The van der Waals surface area contributed by atoms with Crippen LogP contribution in [0, 0.1) is 0 Å². The Morgan fingerprint density at radius 1 is 1.03 bits per heavy atom. The first kappa shape index (κ1) is 26.9. The van der Waals surface area contributed by atoms with E-state index in [1.54, 1.807) is 42.6 Å². The molecule has 2 aliphatic heterocycles. The van der Waals surface area contributed by atoms with Gasteiger partial charge in [-0.2, -0.15) is 0 Å². The van der Waals surface area contributed by atoms with Crippen molar-refractivity contribution in [3.8, 4) is 0 Å². The Hall–Kier alpha value is -3.69. The zero-order valence-electron chi connectivity index (χ0n) is 22.3. The molecule has 0 spiro atoms. The molecule has 5 rings (SSSR count). The summed E-state index contributed by atoms with van der Waals surface area (Å²) in [6.45, 7) is 4.50. The molecule has 3 heterocycles. The number of ether oxygens (including phenoxy) is 1. The third-order valence-corrected chi connectivity index (χ3v) is 9.25. The first-order valence-electron chi connectivity index (χ1n) is 13.4. The number of piperidine rings is 1. The number of anilines is 1. The highest BCUT2D eigenvalue weighted by molar-refractivity contribution is 7.89. The van der Waals surface area contributed by atoms with Crippen LogP contribution in [0.2, 0.25) is 0 Å². The minimum atomic E-state index is -3.94. The summed E-state index contributed by atoms with van der Waals surface area (Å²) >= 11 is 0. The van der Waals surface area contributed by atoms with Crippen LogP contribution in [0.5, 0.6) is 0 Å². The van der Waals surface area contributed by atoms with Gasteiger partial charge >= 0.3 is 0 Å². The number of hydrogen-bond acceptors (Lipinski definition) is 6. The molecule has 0 radical (unpaired) electrons. The molecule has 8 nitrogen and oxygen atoms in total. The number of aromatic nitrogens is 1. The number of likely N-dealkylation sites (N-methyl/N-ethyl adjacent to an activating group) is 1. The Morgan fingerprint density at radius 2 is 1.77 bits per heavy atom. The summed E-state index contributed by atoms with van der Waals surface area (Å²) in [7, 11) is -2.58. The van der Waals surface area contributed by atoms with Crippen molar-refractivity contribution < 1.29 is 17.9 Å². The van der Waals surface area contributed by atoms with E-state index in [0.29, 0.717) is 17.4 Å². The second kappa shape index (κ2) is 11.6. The van der Waals surface area contributed by atoms with E-state index < -0.39 is 15.9 Å². The molecule has 1 aromatic heterocycles. The van der Waals surface area contributed by atoms with Crippen molar-refractivity contribution in [2.75, 3.05) is 18.9 Å². The van der Waals surface area contributed by atoms with Gasteiger partial charge in [-0.25, -0.2) is 13.4 Å². The monoisotopic (exact) mass is 546 g/mol. The highest BCUT2D eigenvalue weighted by Gasteiger charge is 2.39. The lowest BCUT2D eigenvalue weighted by molar-refractivity contribution is -0.113. The van der Waals surface area contributed by atoms with Crippen molar-refractivity contribution in [2.45, 2.75) is 56.7 Å². The minimum Gasteiger partial charge on any atom is -0.486 e. The van der Waals surface area contributed by atoms with E-state index in [1.165, 1.54) is 44.4 Å². The molecule has 1 amide bonds. The molecule has 2 aromatic carbocycles. The molecule has 9 heteroatoms. The molecule has 1 unspecified atom stereocenters. The SMILES string of the molecule is CCC1CCCCN1Cc1ccc(COC2=C(C(=O)Nc3ccccn3)N(C)S(=O)(=O)c3ccccc32)cc1. The fourth-order valence-corrected chi connectivity index (χ4v) is 6.67. The topological polar surface area (TPSA) is 91.8 Å². The number of benzene rings is 2. The largest absolute Gasteiger partial charge is 0.486 e. The number of likely N-dealkylation sites (tertiary alicyclic amines) is 1. The maximum atomic E-state index is 13.4. The Labute approximate surface area is 230 Å². The highest BCUT2D eigenvalue weighted by Crippen LogP contribution is 2.37. The lowest BCUT2D eigenvalue weighted by atomic mass is 9.99. The van der Waals surface area contributed by atoms with E-state index in [2.05, 4.69) is 34.3 Å². The quantitative estimate of drug-likeness (QED) is 0.427. The second-order valence-electron chi connectivity index (χ2n) is 9.95. The van der Waals surface area contributed by atoms with Gasteiger partial charge in [-0.05, 0) is 61.2 Å². The summed E-state index contributed by atoms with van der Waals surface area (Å²) in [5, 5.41) is 2.69. The standard InChI is InChI=1S/C30H34N4O4S/c1-3-24-10-7-9-19-34(24)20-22-14-16-23(17-15-22)21-38-29-25-11-4-5-12-26(25)39(36,37)33(2)28(29)30(35)32-27-13-6-8-18-31-27/h4-6,8,11-18,24H,3,7,9-10,19-21H2,1-2H3,(H,31,32,35). The Kier molecular flexibility index (Phi) is 7.99. The van der Waals surface area contributed by atoms with Crippen LogP contribution in [-0.4, -0.2) is 48.1 Å². The predicted molar refractivity (Wildman–Crippen MR) is 151 cm³/mol. The third kappa shape index (κ3) is 5.69. The Balaban J connectivity index is 1.40. The average molecular weight is 547 g/mol. The van der Waals surface area contributed by atoms with Crippen molar-refractivity contribution in [3.63, 3.8) is 0 Å². The molecule has 1 saturated heterocycles. The van der Waals surface area contributed by atoms with Gasteiger partial charge in [0.25, 0.3) is 15.9 Å². The minimum absolute atomic E-state index is 0.0910. The number of rotatable bonds is 8. The molecule has 0 aliphatic carbocycles. The van der Waals surface area contributed by atoms with E-state index in [4.69, 9.17) is 4.74 Å². The van der Waals surface area contributed by atoms with E-state index in [0.717, 1.165) is 23.0 Å². The molecule has 1 fully saturated rings. The van der Waals surface area contributed by atoms with Crippen LogP contribution in [0.1, 0.15) is 49.3 Å². The van der Waals surface area contributed by atoms with E-state index in [9.17, 15) is 13.2 Å². The summed E-state index contributed by atoms with van der Waals surface area (Å²) in [6, 6.07) is 20.6. The van der Waals surface area contributed by atoms with Gasteiger partial charge in [0, 0.05) is 31.4 Å². The number of nitrogens with zero attached hydrogens (tertiary/aromatic N) is 3. The second-order valence-corrected chi connectivity index (χ2v) is 11.9. The fraction of sp³-hybridized carbons (Fsp3) is 0.333. The van der Waals surface area contributed by atoms with Crippen LogP contribution in [0.15, 0.2) is 83.5 Å². The smallest absolute Gasteiger partial charge is 0.277 e. The summed E-state index contributed by atoms with van der Waals surface area (Å²) in [6.07, 6.45) is 6.54. The number of hydrogen-bond donors (Lipinski definition) is 1. The number of carbonyl (C=O) groups excluding carboxylic acids is 1. The highest BCUT2D eigenvalue weighted by atomic mass is 32.2. The summed E-state index contributed by atoms with van der Waals surface area (Å²) < 4.78 is 33.8. The van der Waals surface area contributed by atoms with E-state index >= 15 is 0 Å². The van der Waals surface area contributed by atoms with Crippen LogP contribution >= 0.6 is 0 Å². The maximum absolute atomic E-state index is 13.4. The Bertz CT molecular complexity index is 1460. The van der Waals surface area contributed by atoms with Crippen molar-refractivity contribution in [2.24, 2.45) is 0 Å². The van der Waals surface area contributed by atoms with Gasteiger partial charge in [0.1, 0.15) is 12.4 Å². The van der Waals surface area contributed by atoms with Crippen LogP contribution < -0.4 is 5.32 Å². The van der Waals surface area contributed by atoms with Gasteiger partial charge in [0.05, 0.1) is 4.90 Å². The van der Waals surface area contributed by atoms with E-state index in [-0.39, 0.29) is 23.0 Å². The van der Waals surface area contributed by atoms with Gasteiger partial charge in [0.15, 0.2) is 11.5 Å². The van der Waals surface area contributed by atoms with Crippen molar-refractivity contribution in [1.82, 2.24) is 14.2 Å². The molecule has 39 heavy (non-hydrogen) atoms. The first-order chi connectivity index (χ1) is 18.9. The van der Waals surface area contributed by atoms with Crippen molar-refractivity contribution in [3.05, 3.63) is 95.3 Å². The number of amides is 1. The van der Waals surface area contributed by atoms with Crippen molar-refractivity contribution >= 4 is 27.5 Å². The van der Waals surface area contributed by atoms with Crippen LogP contribution in [-0.2, 0) is 32.7 Å². The molecular weight excluding hydrogens is 512 g/mol. The molecule has 0 bridgehead atoms. The number of pyridine rings is 1. The van der Waals surface area contributed by atoms with Gasteiger partial charge in [0.2, 0.25) is 0 Å². The lowest BCUT2D eigenvalue weighted by Gasteiger charge is -2.35. The molecule has 204 valence electrons. The lowest BCUT2D eigenvalue weighted by Crippen LogP contribution is -2.38. The van der Waals surface area contributed by atoms with E-state index in [1.807, 2.05) is 12.1 Å². The van der Waals surface area contributed by atoms with Gasteiger partial charge in [-0.1, -0.05) is 55.8 Å². The molecule has 3 aromatic rings. The van der Waals surface area contributed by atoms with Crippen molar-refractivity contribution in [1.29, 1.82) is 0 Å². The van der Waals surface area contributed by atoms with Crippen LogP contribution in [0.25, 0.3) is 5.76 Å². The zero-order valence-corrected chi connectivity index (χ0v) is 23.2. The molecule has 0 saturated carbocycles. The van der Waals surface area contributed by atoms with Gasteiger partial charge < -0.3 is 10.1 Å². The van der Waals surface area contributed by atoms with Gasteiger partial charge in [-0.15, -0.1) is 0 Å². The molecular formula is C30H34N4O4S. The Morgan fingerprint density at radius 3 is 2.51 bits per heavy atom. The van der Waals surface area contributed by atoms with Crippen LogP contribution in [0.4, 0.5) is 5.82 Å².